The highest BCUT2D eigenvalue weighted by Crippen LogP contribution is 2.30. The van der Waals surface area contributed by atoms with Crippen LogP contribution in [-0.2, 0) is 5.60 Å². The van der Waals surface area contributed by atoms with Crippen molar-refractivity contribution in [2.24, 2.45) is 5.92 Å². The lowest BCUT2D eigenvalue weighted by atomic mass is 9.83. The van der Waals surface area contributed by atoms with Crippen LogP contribution in [0.2, 0.25) is 0 Å². The van der Waals surface area contributed by atoms with E-state index < -0.39 is 5.60 Å². The van der Waals surface area contributed by atoms with Crippen LogP contribution in [0.5, 0.6) is 0 Å². The summed E-state index contributed by atoms with van der Waals surface area (Å²) >= 11 is 0. The van der Waals surface area contributed by atoms with E-state index in [1.54, 1.807) is 0 Å². The van der Waals surface area contributed by atoms with Crippen molar-refractivity contribution in [1.82, 2.24) is 0 Å². The summed E-state index contributed by atoms with van der Waals surface area (Å²) in [5.41, 5.74) is 1.58. The summed E-state index contributed by atoms with van der Waals surface area (Å²) in [5.74, 6) is 0.608. The normalized spacial score (nSPS) is 15.1. The Balaban J connectivity index is 2.80. The van der Waals surface area contributed by atoms with Crippen molar-refractivity contribution in [3.63, 3.8) is 0 Å². The van der Waals surface area contributed by atoms with E-state index in [2.05, 4.69) is 32.9 Å². The van der Waals surface area contributed by atoms with Gasteiger partial charge in [0.1, 0.15) is 0 Å². The van der Waals surface area contributed by atoms with E-state index >= 15 is 0 Å². The molecule has 0 bridgehead atoms. The lowest BCUT2D eigenvalue weighted by Crippen LogP contribution is -2.24. The van der Waals surface area contributed by atoms with Crippen LogP contribution in [-0.4, -0.2) is 5.11 Å². The third-order valence-corrected chi connectivity index (χ3v) is 3.51. The van der Waals surface area contributed by atoms with Gasteiger partial charge in [0.15, 0.2) is 0 Å². The number of aliphatic hydroxyl groups is 1. The van der Waals surface area contributed by atoms with Crippen LogP contribution in [0.4, 0.5) is 0 Å². The van der Waals surface area contributed by atoms with E-state index in [9.17, 15) is 5.11 Å². The monoisotopic (exact) mass is 220 g/mol. The predicted molar refractivity (Wildman–Crippen MR) is 69.4 cm³/mol. The molecule has 1 rings (SSSR count). The van der Waals surface area contributed by atoms with E-state index in [4.69, 9.17) is 0 Å². The fraction of sp³-hybridized carbons (Fsp3) is 0.600. The Morgan fingerprint density at radius 2 is 1.62 bits per heavy atom. The fourth-order valence-corrected chi connectivity index (χ4v) is 2.17. The van der Waals surface area contributed by atoms with Crippen molar-refractivity contribution in [1.29, 1.82) is 0 Å². The molecule has 90 valence electrons. The molecule has 16 heavy (non-hydrogen) atoms. The molecule has 0 radical (unpaired) electrons. The second-order valence-corrected chi connectivity index (χ2v) is 5.03. The molecular formula is C15H24O. The summed E-state index contributed by atoms with van der Waals surface area (Å²) in [7, 11) is 0. The van der Waals surface area contributed by atoms with Gasteiger partial charge in [-0.1, -0.05) is 56.5 Å². The van der Waals surface area contributed by atoms with Crippen molar-refractivity contribution in [3.05, 3.63) is 35.4 Å². The van der Waals surface area contributed by atoms with Crippen molar-refractivity contribution < 1.29 is 5.11 Å². The second kappa shape index (κ2) is 5.49. The van der Waals surface area contributed by atoms with E-state index in [-0.39, 0.29) is 0 Å². The summed E-state index contributed by atoms with van der Waals surface area (Å²) in [6.07, 6.45) is 3.13. The van der Waals surface area contributed by atoms with Gasteiger partial charge in [-0.15, -0.1) is 0 Å². The highest BCUT2D eigenvalue weighted by molar-refractivity contribution is 5.25. The van der Waals surface area contributed by atoms with Crippen molar-refractivity contribution in [3.8, 4) is 0 Å². The standard InChI is InChI=1S/C15H24O/c1-5-13(6-2)11-15(4,16)14-9-7-12(3)8-10-14/h7-10,13,16H,5-6,11H2,1-4H3. The average molecular weight is 220 g/mol. The van der Waals surface area contributed by atoms with E-state index in [1.165, 1.54) is 5.56 Å². The lowest BCUT2D eigenvalue weighted by molar-refractivity contribution is 0.0286. The van der Waals surface area contributed by atoms with Crippen molar-refractivity contribution in [2.75, 3.05) is 0 Å². The summed E-state index contributed by atoms with van der Waals surface area (Å²) in [6, 6.07) is 8.21. The first-order chi connectivity index (χ1) is 7.49. The molecule has 0 aliphatic carbocycles. The molecule has 0 aliphatic heterocycles. The Morgan fingerprint density at radius 3 is 2.06 bits per heavy atom. The van der Waals surface area contributed by atoms with Crippen LogP contribution < -0.4 is 0 Å². The van der Waals surface area contributed by atoms with Crippen LogP contribution in [0.1, 0.15) is 51.2 Å². The van der Waals surface area contributed by atoms with Gasteiger partial charge in [0.2, 0.25) is 0 Å². The van der Waals surface area contributed by atoms with Crippen LogP contribution in [0.15, 0.2) is 24.3 Å². The Hall–Kier alpha value is -0.820. The fourth-order valence-electron chi connectivity index (χ4n) is 2.17. The lowest BCUT2D eigenvalue weighted by Gasteiger charge is -2.28. The average Bonchev–Trinajstić information content (AvgIpc) is 2.26. The number of aryl methyl sites for hydroxylation is 1. The van der Waals surface area contributed by atoms with Gasteiger partial charge in [-0.2, -0.15) is 0 Å². The number of hydrogen-bond donors (Lipinski definition) is 1. The minimum atomic E-state index is -0.690. The van der Waals surface area contributed by atoms with Crippen LogP contribution in [0, 0.1) is 12.8 Å². The Kier molecular flexibility index (Phi) is 4.55. The Labute approximate surface area is 99.5 Å². The van der Waals surface area contributed by atoms with Gasteiger partial charge in [0, 0.05) is 0 Å². The zero-order valence-corrected chi connectivity index (χ0v) is 11.0. The number of rotatable bonds is 5. The molecule has 1 atom stereocenters. The van der Waals surface area contributed by atoms with Gasteiger partial charge in [-0.05, 0) is 31.7 Å². The van der Waals surface area contributed by atoms with Crippen LogP contribution >= 0.6 is 0 Å². The maximum Gasteiger partial charge on any atom is 0.0871 e. The molecule has 1 aromatic carbocycles. The second-order valence-electron chi connectivity index (χ2n) is 5.03. The van der Waals surface area contributed by atoms with Gasteiger partial charge >= 0.3 is 0 Å². The first kappa shape index (κ1) is 13.2. The molecule has 0 saturated heterocycles. The molecule has 1 unspecified atom stereocenters. The summed E-state index contributed by atoms with van der Waals surface area (Å²) in [5, 5.41) is 10.5. The number of benzene rings is 1. The first-order valence-electron chi connectivity index (χ1n) is 6.29. The molecule has 0 amide bonds. The largest absolute Gasteiger partial charge is 0.385 e. The summed E-state index contributed by atoms with van der Waals surface area (Å²) < 4.78 is 0. The molecule has 0 fully saturated rings. The van der Waals surface area contributed by atoms with Gasteiger partial charge in [0.25, 0.3) is 0 Å². The first-order valence-corrected chi connectivity index (χ1v) is 6.29. The Bertz CT molecular complexity index is 307. The van der Waals surface area contributed by atoms with Gasteiger partial charge in [-0.25, -0.2) is 0 Å². The smallest absolute Gasteiger partial charge is 0.0871 e. The zero-order valence-electron chi connectivity index (χ0n) is 11.0. The highest BCUT2D eigenvalue weighted by Gasteiger charge is 2.25. The molecule has 0 aliphatic rings. The molecule has 1 nitrogen and oxygen atoms in total. The quantitative estimate of drug-likeness (QED) is 0.794. The molecule has 0 aromatic heterocycles. The predicted octanol–water partition coefficient (Wildman–Crippen LogP) is 4.03. The maximum absolute atomic E-state index is 10.5. The maximum atomic E-state index is 10.5. The topological polar surface area (TPSA) is 20.2 Å². The van der Waals surface area contributed by atoms with E-state index in [0.29, 0.717) is 5.92 Å². The van der Waals surface area contributed by atoms with Gasteiger partial charge in [0.05, 0.1) is 5.60 Å². The molecular weight excluding hydrogens is 196 g/mol. The molecule has 1 N–H and O–H groups in total. The minimum Gasteiger partial charge on any atom is -0.385 e. The van der Waals surface area contributed by atoms with Gasteiger partial charge < -0.3 is 5.11 Å². The molecule has 1 heteroatoms. The molecule has 0 heterocycles. The van der Waals surface area contributed by atoms with Gasteiger partial charge in [-0.3, -0.25) is 0 Å². The van der Waals surface area contributed by atoms with E-state index in [1.807, 2.05) is 19.1 Å². The Morgan fingerprint density at radius 1 is 1.12 bits per heavy atom. The molecule has 1 aromatic rings. The van der Waals surface area contributed by atoms with E-state index in [0.717, 1.165) is 24.8 Å². The number of hydrogen-bond acceptors (Lipinski definition) is 1. The highest BCUT2D eigenvalue weighted by atomic mass is 16.3. The third-order valence-electron chi connectivity index (χ3n) is 3.51. The minimum absolute atomic E-state index is 0.608. The molecule has 0 saturated carbocycles. The van der Waals surface area contributed by atoms with Crippen molar-refractivity contribution >= 4 is 0 Å². The van der Waals surface area contributed by atoms with Crippen molar-refractivity contribution in [2.45, 2.75) is 52.6 Å². The third kappa shape index (κ3) is 3.34. The molecule has 0 spiro atoms. The van der Waals surface area contributed by atoms with Crippen LogP contribution in [0.3, 0.4) is 0 Å². The summed E-state index contributed by atoms with van der Waals surface area (Å²) in [4.78, 5) is 0. The van der Waals surface area contributed by atoms with Crippen LogP contribution in [0.25, 0.3) is 0 Å². The SMILES string of the molecule is CCC(CC)CC(C)(O)c1ccc(C)cc1. The zero-order chi connectivity index (χ0) is 12.2. The summed E-state index contributed by atoms with van der Waals surface area (Å²) in [6.45, 7) is 8.38.